The molecule has 1 aliphatic rings. The van der Waals surface area contributed by atoms with Crippen LogP contribution in [0.3, 0.4) is 0 Å². The quantitative estimate of drug-likeness (QED) is 0.793. The van der Waals surface area contributed by atoms with Crippen molar-refractivity contribution in [2.75, 3.05) is 12.8 Å². The van der Waals surface area contributed by atoms with Crippen molar-refractivity contribution in [1.29, 1.82) is 0 Å². The van der Waals surface area contributed by atoms with Gasteiger partial charge in [-0.3, -0.25) is 9.48 Å². The van der Waals surface area contributed by atoms with Crippen LogP contribution in [0.2, 0.25) is 0 Å². The fourth-order valence-electron chi connectivity index (χ4n) is 2.77. The molecule has 0 saturated carbocycles. The monoisotopic (exact) mass is 350 g/mol. The highest BCUT2D eigenvalue weighted by atomic mass is 32.2. The van der Waals surface area contributed by atoms with Crippen LogP contribution < -0.4 is 4.72 Å². The molecule has 10 heteroatoms. The average Bonchev–Trinajstić information content (AvgIpc) is 2.88. The smallest absolute Gasteiger partial charge is 0.255 e. The summed E-state index contributed by atoms with van der Waals surface area (Å²) in [6.45, 7) is 1.13. The standard InChI is InChI=1S/C14H18N6O3S/c1-19-13-9-20(14(21)10-3-5-15-16-7-10)6-4-11(13)12(18-19)8-17-24(2,22)23/h3,5,7,17H,4,6,8-9H2,1-2H3. The maximum atomic E-state index is 12.5. The van der Waals surface area contributed by atoms with Gasteiger partial charge in [0.15, 0.2) is 0 Å². The Kier molecular flexibility index (Phi) is 4.33. The number of nitrogens with zero attached hydrogens (tertiary/aromatic N) is 5. The summed E-state index contributed by atoms with van der Waals surface area (Å²) in [5.74, 6) is -0.104. The van der Waals surface area contributed by atoms with Crippen LogP contribution in [-0.4, -0.2) is 52.0 Å². The van der Waals surface area contributed by atoms with Crippen LogP contribution in [0, 0.1) is 0 Å². The minimum Gasteiger partial charge on any atom is -0.332 e. The molecule has 0 fully saturated rings. The van der Waals surface area contributed by atoms with Crippen molar-refractivity contribution >= 4 is 15.9 Å². The van der Waals surface area contributed by atoms with Gasteiger partial charge in [-0.25, -0.2) is 13.1 Å². The second-order valence-electron chi connectivity index (χ2n) is 5.70. The molecule has 24 heavy (non-hydrogen) atoms. The fraction of sp³-hybridized carbons (Fsp3) is 0.429. The van der Waals surface area contributed by atoms with Gasteiger partial charge in [-0.05, 0) is 12.5 Å². The van der Waals surface area contributed by atoms with E-state index in [9.17, 15) is 13.2 Å². The molecule has 2 aromatic rings. The Morgan fingerprint density at radius 2 is 2.17 bits per heavy atom. The van der Waals surface area contributed by atoms with Gasteiger partial charge in [0.2, 0.25) is 10.0 Å². The molecule has 0 unspecified atom stereocenters. The van der Waals surface area contributed by atoms with Crippen molar-refractivity contribution in [2.45, 2.75) is 19.5 Å². The van der Waals surface area contributed by atoms with Crippen LogP contribution >= 0.6 is 0 Å². The highest BCUT2D eigenvalue weighted by Crippen LogP contribution is 2.23. The maximum absolute atomic E-state index is 12.5. The van der Waals surface area contributed by atoms with E-state index in [2.05, 4.69) is 20.0 Å². The zero-order valence-electron chi connectivity index (χ0n) is 13.4. The first-order valence-electron chi connectivity index (χ1n) is 7.39. The number of nitrogens with one attached hydrogen (secondary N) is 1. The van der Waals surface area contributed by atoms with Crippen LogP contribution in [0.4, 0.5) is 0 Å². The second kappa shape index (κ2) is 6.29. The van der Waals surface area contributed by atoms with Gasteiger partial charge in [0.05, 0.1) is 48.7 Å². The number of hydrogen-bond donors (Lipinski definition) is 1. The van der Waals surface area contributed by atoms with Gasteiger partial charge < -0.3 is 4.90 Å². The summed E-state index contributed by atoms with van der Waals surface area (Å²) >= 11 is 0. The van der Waals surface area contributed by atoms with Gasteiger partial charge in [0, 0.05) is 19.2 Å². The number of carbonyl (C=O) groups is 1. The Balaban J connectivity index is 1.79. The molecule has 0 radical (unpaired) electrons. The van der Waals surface area contributed by atoms with E-state index >= 15 is 0 Å². The number of aromatic nitrogens is 4. The molecule has 0 spiro atoms. The number of hydrogen-bond acceptors (Lipinski definition) is 6. The minimum absolute atomic E-state index is 0.104. The third kappa shape index (κ3) is 3.44. The largest absolute Gasteiger partial charge is 0.332 e. The van der Waals surface area contributed by atoms with E-state index in [-0.39, 0.29) is 12.5 Å². The Labute approximate surface area is 139 Å². The highest BCUT2D eigenvalue weighted by Gasteiger charge is 2.27. The van der Waals surface area contributed by atoms with Crippen molar-refractivity contribution in [3.05, 3.63) is 41.0 Å². The maximum Gasteiger partial charge on any atom is 0.255 e. The zero-order valence-corrected chi connectivity index (χ0v) is 14.2. The van der Waals surface area contributed by atoms with Crippen molar-refractivity contribution in [3.63, 3.8) is 0 Å². The summed E-state index contributed by atoms with van der Waals surface area (Å²) in [5.41, 5.74) is 3.12. The Bertz CT molecular complexity index is 862. The molecule has 0 saturated heterocycles. The SMILES string of the molecule is Cn1nc(CNS(C)(=O)=O)c2c1CN(C(=O)c1ccnnc1)CC2. The highest BCUT2D eigenvalue weighted by molar-refractivity contribution is 7.88. The summed E-state index contributed by atoms with van der Waals surface area (Å²) in [6, 6.07) is 1.63. The molecule has 9 nitrogen and oxygen atoms in total. The van der Waals surface area contributed by atoms with Crippen LogP contribution in [-0.2, 0) is 36.6 Å². The summed E-state index contributed by atoms with van der Waals surface area (Å²) < 4.78 is 26.7. The van der Waals surface area contributed by atoms with Crippen molar-refractivity contribution in [3.8, 4) is 0 Å². The number of sulfonamides is 1. The molecule has 3 rings (SSSR count). The number of amides is 1. The fourth-order valence-corrected chi connectivity index (χ4v) is 3.17. The van der Waals surface area contributed by atoms with E-state index in [4.69, 9.17) is 0 Å². The van der Waals surface area contributed by atoms with E-state index in [1.54, 1.807) is 22.7 Å². The van der Waals surface area contributed by atoms with Crippen LogP contribution in [0.25, 0.3) is 0 Å². The minimum atomic E-state index is -3.28. The molecule has 128 valence electrons. The lowest BCUT2D eigenvalue weighted by molar-refractivity contribution is 0.0729. The topological polar surface area (TPSA) is 110 Å². The first-order valence-corrected chi connectivity index (χ1v) is 9.28. The summed E-state index contributed by atoms with van der Waals surface area (Å²) in [7, 11) is -1.48. The predicted molar refractivity (Wildman–Crippen MR) is 85.4 cm³/mol. The van der Waals surface area contributed by atoms with E-state index in [0.717, 1.165) is 17.5 Å². The molecular formula is C14H18N6O3S. The Morgan fingerprint density at radius 1 is 1.38 bits per heavy atom. The van der Waals surface area contributed by atoms with E-state index in [1.165, 1.54) is 12.4 Å². The second-order valence-corrected chi connectivity index (χ2v) is 7.53. The van der Waals surface area contributed by atoms with Gasteiger partial charge in [-0.1, -0.05) is 0 Å². The molecule has 2 aromatic heterocycles. The Morgan fingerprint density at radius 3 is 2.83 bits per heavy atom. The number of aryl methyl sites for hydroxylation is 1. The van der Waals surface area contributed by atoms with Gasteiger partial charge >= 0.3 is 0 Å². The van der Waals surface area contributed by atoms with Crippen LogP contribution in [0.15, 0.2) is 18.5 Å². The van der Waals surface area contributed by atoms with E-state index in [0.29, 0.717) is 30.8 Å². The molecule has 0 aromatic carbocycles. The van der Waals surface area contributed by atoms with E-state index in [1.807, 2.05) is 0 Å². The van der Waals surface area contributed by atoms with Gasteiger partial charge in [0.1, 0.15) is 0 Å². The van der Waals surface area contributed by atoms with Crippen LogP contribution in [0.5, 0.6) is 0 Å². The first kappa shape index (κ1) is 16.5. The number of carbonyl (C=O) groups excluding carboxylic acids is 1. The van der Waals surface area contributed by atoms with Crippen molar-refractivity contribution in [2.24, 2.45) is 7.05 Å². The molecule has 0 bridgehead atoms. The zero-order chi connectivity index (χ0) is 17.3. The van der Waals surface area contributed by atoms with E-state index < -0.39 is 10.0 Å². The first-order chi connectivity index (χ1) is 11.3. The third-order valence-electron chi connectivity index (χ3n) is 3.95. The molecule has 0 atom stereocenters. The van der Waals surface area contributed by atoms with Gasteiger partial charge in [0.25, 0.3) is 5.91 Å². The normalized spacial score (nSPS) is 14.5. The molecule has 0 aliphatic carbocycles. The molecular weight excluding hydrogens is 332 g/mol. The van der Waals surface area contributed by atoms with Gasteiger partial charge in [-0.15, -0.1) is 0 Å². The summed E-state index contributed by atoms with van der Waals surface area (Å²) in [6.07, 6.45) is 4.68. The average molecular weight is 350 g/mol. The molecule has 1 amide bonds. The molecule has 1 N–H and O–H groups in total. The number of rotatable bonds is 4. The number of fused-ring (bicyclic) bond motifs is 1. The molecule has 1 aliphatic heterocycles. The Hall–Kier alpha value is -2.33. The van der Waals surface area contributed by atoms with Crippen molar-refractivity contribution in [1.82, 2.24) is 29.6 Å². The third-order valence-corrected chi connectivity index (χ3v) is 4.62. The lowest BCUT2D eigenvalue weighted by Crippen LogP contribution is -2.36. The lowest BCUT2D eigenvalue weighted by Gasteiger charge is -2.27. The predicted octanol–water partition coefficient (Wildman–Crippen LogP) is -0.542. The van der Waals surface area contributed by atoms with Crippen LogP contribution in [0.1, 0.15) is 27.3 Å². The lowest BCUT2D eigenvalue weighted by atomic mass is 10.0. The molecule has 3 heterocycles. The van der Waals surface area contributed by atoms with Gasteiger partial charge in [-0.2, -0.15) is 15.3 Å². The van der Waals surface area contributed by atoms with Crippen molar-refractivity contribution < 1.29 is 13.2 Å². The summed E-state index contributed by atoms with van der Waals surface area (Å²) in [5, 5.41) is 11.8. The summed E-state index contributed by atoms with van der Waals surface area (Å²) in [4.78, 5) is 14.3.